The molecule has 3 unspecified atom stereocenters. The van der Waals surface area contributed by atoms with E-state index < -0.39 is 52.1 Å². The Labute approximate surface area is 324 Å². The number of oxime groups is 1. The summed E-state index contributed by atoms with van der Waals surface area (Å²) >= 11 is 0. The third-order valence-electron chi connectivity index (χ3n) is 8.64. The molecule has 2 aromatic carbocycles. The van der Waals surface area contributed by atoms with E-state index in [0.717, 1.165) is 18.6 Å². The fraction of sp³-hybridized carbons (Fsp3) is 0.585. The molecule has 2 rings (SSSR count). The standard InChI is InChI=1S/C13H24N2O4.C10H9F5.C10H14.C8H13NO2/c1-6-10(3)15-19-12(17)14-8-9-18-11(16)13(4,5)7-2;1-3-4(2)5-6(11)8(13)10(15)9(14)7(5)12;1-3-9(2)10-7-5-4-6-8-10;1-3-7(2)8(10)11-6-4-5-9/h6-9H2,1-5H3,(H,14,17);4H,3H2,1-2H3;4-9H,3H2,1-2H3;7H,3-4,6H2,1-2H3/b15-10+;;;. The van der Waals surface area contributed by atoms with Gasteiger partial charge in [-0.25, -0.2) is 26.7 Å². The number of ether oxygens (including phenoxy) is 2. The van der Waals surface area contributed by atoms with Crippen molar-refractivity contribution in [3.05, 3.63) is 70.5 Å². The Kier molecular flexibility index (Phi) is 27.6. The van der Waals surface area contributed by atoms with Crippen LogP contribution in [0.3, 0.4) is 0 Å². The number of amides is 1. The second kappa shape index (κ2) is 28.8. The Morgan fingerprint density at radius 2 is 1.33 bits per heavy atom. The quantitative estimate of drug-likeness (QED) is 0.0278. The van der Waals surface area contributed by atoms with Crippen LogP contribution in [0.25, 0.3) is 0 Å². The maximum atomic E-state index is 13.1. The summed E-state index contributed by atoms with van der Waals surface area (Å²) in [5.41, 5.74) is 0.938. The lowest BCUT2D eigenvalue weighted by atomic mass is 9.91. The number of rotatable bonds is 15. The van der Waals surface area contributed by atoms with Crippen molar-refractivity contribution in [2.75, 3.05) is 19.8 Å². The second-order valence-corrected chi connectivity index (χ2v) is 13.3. The molecule has 0 aliphatic carbocycles. The lowest BCUT2D eigenvalue weighted by Crippen LogP contribution is -2.31. The number of carbonyl (C=O) groups is 3. The van der Waals surface area contributed by atoms with Crippen LogP contribution in [0.1, 0.15) is 138 Å². The van der Waals surface area contributed by atoms with Gasteiger partial charge in [-0.2, -0.15) is 5.26 Å². The number of hydrogen-bond donors (Lipinski definition) is 1. The van der Waals surface area contributed by atoms with Crippen LogP contribution in [0.2, 0.25) is 0 Å². The van der Waals surface area contributed by atoms with E-state index in [0.29, 0.717) is 18.8 Å². The molecule has 1 N–H and O–H groups in total. The molecule has 3 atom stereocenters. The number of nitrogens with one attached hydrogen (secondary N) is 1. The Balaban J connectivity index is 0. The smallest absolute Gasteiger partial charge is 0.433 e. The zero-order valence-corrected chi connectivity index (χ0v) is 34.2. The van der Waals surface area contributed by atoms with E-state index in [2.05, 4.69) is 59.5 Å². The van der Waals surface area contributed by atoms with Crippen LogP contribution in [0.4, 0.5) is 26.7 Å². The Bertz CT molecular complexity index is 1490. The first-order chi connectivity index (χ1) is 25.8. The average molecular weight is 786 g/mol. The van der Waals surface area contributed by atoms with Crippen LogP contribution < -0.4 is 5.32 Å². The van der Waals surface area contributed by atoms with Crippen LogP contribution in [-0.4, -0.2) is 43.5 Å². The zero-order valence-electron chi connectivity index (χ0n) is 34.2. The highest BCUT2D eigenvalue weighted by molar-refractivity contribution is 5.81. The molecule has 0 saturated heterocycles. The molecule has 0 aromatic heterocycles. The van der Waals surface area contributed by atoms with E-state index in [1.54, 1.807) is 13.8 Å². The molecular formula is C41H60F5N3O6. The molecule has 55 heavy (non-hydrogen) atoms. The molecule has 14 heteroatoms. The Hall–Kier alpha value is -4.54. The lowest BCUT2D eigenvalue weighted by molar-refractivity contribution is -0.154. The summed E-state index contributed by atoms with van der Waals surface area (Å²) in [5, 5.41) is 14.2. The van der Waals surface area contributed by atoms with Crippen LogP contribution in [0.5, 0.6) is 0 Å². The molecular weight excluding hydrogens is 725 g/mol. The summed E-state index contributed by atoms with van der Waals surface area (Å²) < 4.78 is 74.2. The predicted molar refractivity (Wildman–Crippen MR) is 204 cm³/mol. The molecule has 0 heterocycles. The molecule has 0 bridgehead atoms. The number of halogens is 5. The van der Waals surface area contributed by atoms with Gasteiger partial charge in [0.25, 0.3) is 0 Å². The van der Waals surface area contributed by atoms with Crippen molar-refractivity contribution >= 4 is 23.7 Å². The topological polar surface area (TPSA) is 127 Å². The molecule has 0 spiro atoms. The van der Waals surface area contributed by atoms with E-state index in [9.17, 15) is 36.3 Å². The highest BCUT2D eigenvalue weighted by Crippen LogP contribution is 2.30. The maximum absolute atomic E-state index is 13.1. The lowest BCUT2D eigenvalue weighted by Gasteiger charge is -2.20. The van der Waals surface area contributed by atoms with Gasteiger partial charge in [0.1, 0.15) is 13.2 Å². The van der Waals surface area contributed by atoms with Gasteiger partial charge in [0.05, 0.1) is 36.1 Å². The summed E-state index contributed by atoms with van der Waals surface area (Å²) in [6.45, 7) is 21.0. The van der Waals surface area contributed by atoms with E-state index in [-0.39, 0.29) is 44.0 Å². The van der Waals surface area contributed by atoms with Crippen molar-refractivity contribution < 1.29 is 50.6 Å². The van der Waals surface area contributed by atoms with Crippen molar-refractivity contribution in [1.82, 2.24) is 5.32 Å². The summed E-state index contributed by atoms with van der Waals surface area (Å²) in [7, 11) is 0. The Morgan fingerprint density at radius 1 is 0.800 bits per heavy atom. The number of nitrogens with zero attached hydrogens (tertiary/aromatic N) is 2. The molecule has 9 nitrogen and oxygen atoms in total. The van der Waals surface area contributed by atoms with Gasteiger partial charge in [-0.05, 0) is 70.3 Å². The normalized spacial score (nSPS) is 12.4. The van der Waals surface area contributed by atoms with Gasteiger partial charge < -0.3 is 14.8 Å². The molecule has 0 radical (unpaired) electrons. The average Bonchev–Trinajstić information content (AvgIpc) is 3.20. The minimum Gasteiger partial charge on any atom is -0.464 e. The minimum absolute atomic E-state index is 0.0475. The van der Waals surface area contributed by atoms with E-state index in [4.69, 9.17) is 14.7 Å². The van der Waals surface area contributed by atoms with E-state index in [1.807, 2.05) is 47.6 Å². The highest BCUT2D eigenvalue weighted by Gasteiger charge is 2.28. The third kappa shape index (κ3) is 20.6. The van der Waals surface area contributed by atoms with E-state index in [1.165, 1.54) is 18.9 Å². The molecule has 1 amide bonds. The molecule has 310 valence electrons. The number of nitriles is 1. The third-order valence-corrected chi connectivity index (χ3v) is 8.64. The molecule has 2 aromatic rings. The fourth-order valence-corrected chi connectivity index (χ4v) is 3.63. The first-order valence-corrected chi connectivity index (χ1v) is 18.6. The summed E-state index contributed by atoms with van der Waals surface area (Å²) in [6.07, 6.45) is 3.35. The van der Waals surface area contributed by atoms with Crippen molar-refractivity contribution in [2.24, 2.45) is 16.5 Å². The summed E-state index contributed by atoms with van der Waals surface area (Å²) in [4.78, 5) is 38.3. The van der Waals surface area contributed by atoms with Crippen LogP contribution in [0.15, 0.2) is 35.5 Å². The SMILES string of the molecule is CC/C(C)=N/OC(=O)NCCOC(=O)C(C)(C)CC.CCC(C)C(=O)OCCC#N.CCC(C)c1c(F)c(F)c(F)c(F)c1F.CCC(C)c1ccccc1. The number of hydrogen-bond acceptors (Lipinski definition) is 8. The van der Waals surface area contributed by atoms with Crippen molar-refractivity contribution in [3.63, 3.8) is 0 Å². The van der Waals surface area contributed by atoms with Crippen LogP contribution in [-0.2, 0) is 23.9 Å². The molecule has 0 aliphatic rings. The van der Waals surface area contributed by atoms with Gasteiger partial charge in [-0.15, -0.1) is 0 Å². The minimum atomic E-state index is -2.11. The van der Waals surface area contributed by atoms with Crippen LogP contribution >= 0.6 is 0 Å². The highest BCUT2D eigenvalue weighted by atomic mass is 19.2. The van der Waals surface area contributed by atoms with Gasteiger partial charge in [0.15, 0.2) is 23.3 Å². The number of benzene rings is 2. The van der Waals surface area contributed by atoms with Gasteiger partial charge in [0, 0.05) is 5.56 Å². The number of esters is 2. The van der Waals surface area contributed by atoms with Gasteiger partial charge >= 0.3 is 18.0 Å². The first-order valence-electron chi connectivity index (χ1n) is 18.6. The maximum Gasteiger partial charge on any atom is 0.433 e. The van der Waals surface area contributed by atoms with E-state index >= 15 is 0 Å². The van der Waals surface area contributed by atoms with Gasteiger partial charge in [-0.1, -0.05) is 90.9 Å². The van der Waals surface area contributed by atoms with Gasteiger partial charge in [-0.3, -0.25) is 14.4 Å². The summed E-state index contributed by atoms with van der Waals surface area (Å²) in [6, 6.07) is 12.5. The molecule has 0 saturated carbocycles. The summed E-state index contributed by atoms with van der Waals surface area (Å²) in [5.74, 6) is -9.88. The molecule has 0 aliphatic heterocycles. The first kappa shape index (κ1) is 52.6. The predicted octanol–water partition coefficient (Wildman–Crippen LogP) is 11.1. The Morgan fingerprint density at radius 3 is 1.78 bits per heavy atom. The van der Waals surface area contributed by atoms with Crippen molar-refractivity contribution in [3.8, 4) is 6.07 Å². The van der Waals surface area contributed by atoms with Crippen molar-refractivity contribution in [2.45, 2.75) is 127 Å². The molecule has 0 fully saturated rings. The zero-order chi connectivity index (χ0) is 42.7. The fourth-order valence-electron chi connectivity index (χ4n) is 3.63. The van der Waals surface area contributed by atoms with Crippen LogP contribution in [0, 0.1) is 51.8 Å². The number of carbonyl (C=O) groups excluding carboxylic acids is 3. The van der Waals surface area contributed by atoms with Gasteiger partial charge in [0.2, 0.25) is 5.82 Å². The second-order valence-electron chi connectivity index (χ2n) is 13.3. The monoisotopic (exact) mass is 785 g/mol. The largest absolute Gasteiger partial charge is 0.464 e. The van der Waals surface area contributed by atoms with Crippen molar-refractivity contribution in [1.29, 1.82) is 5.26 Å².